The normalized spacial score (nSPS) is 21.7. The van der Waals surface area contributed by atoms with Gasteiger partial charge < -0.3 is 48.5 Å². The van der Waals surface area contributed by atoms with E-state index in [0.717, 1.165) is 17.7 Å². The lowest BCUT2D eigenvalue weighted by molar-refractivity contribution is -0.280. The number of aromatic hydroxyl groups is 1. The quantitative estimate of drug-likeness (QED) is 0.162. The molecular formula is C32H30O12. The van der Waals surface area contributed by atoms with Gasteiger partial charge in [-0.3, -0.25) is 4.79 Å². The van der Waals surface area contributed by atoms with Crippen LogP contribution in [0.25, 0.3) is 28.4 Å². The summed E-state index contributed by atoms with van der Waals surface area (Å²) >= 11 is 0. The molecule has 4 aromatic rings. The van der Waals surface area contributed by atoms with Crippen LogP contribution in [-0.2, 0) is 14.3 Å². The van der Waals surface area contributed by atoms with Crippen molar-refractivity contribution in [3.8, 4) is 34.3 Å². The van der Waals surface area contributed by atoms with Gasteiger partial charge in [-0.15, -0.1) is 0 Å². The van der Waals surface area contributed by atoms with E-state index in [4.69, 9.17) is 28.1 Å². The van der Waals surface area contributed by atoms with Crippen LogP contribution >= 0.6 is 0 Å². The number of para-hydroxylation sites is 1. The van der Waals surface area contributed by atoms with Crippen molar-refractivity contribution in [2.24, 2.45) is 0 Å². The summed E-state index contributed by atoms with van der Waals surface area (Å²) in [5.41, 5.74) is 0.344. The van der Waals surface area contributed by atoms with E-state index >= 15 is 0 Å². The van der Waals surface area contributed by atoms with Crippen molar-refractivity contribution in [2.75, 3.05) is 20.8 Å². The Morgan fingerprint density at radius 3 is 2.39 bits per heavy atom. The van der Waals surface area contributed by atoms with Crippen molar-refractivity contribution in [1.82, 2.24) is 0 Å². The highest BCUT2D eigenvalue weighted by atomic mass is 16.7. The van der Waals surface area contributed by atoms with Gasteiger partial charge in [0.2, 0.25) is 12.0 Å². The molecule has 1 aromatic heterocycles. The molecule has 0 unspecified atom stereocenters. The average molecular weight is 607 g/mol. The zero-order chi connectivity index (χ0) is 31.4. The van der Waals surface area contributed by atoms with E-state index in [0.29, 0.717) is 0 Å². The Balaban J connectivity index is 1.41. The predicted molar refractivity (Wildman–Crippen MR) is 156 cm³/mol. The van der Waals surface area contributed by atoms with Crippen molar-refractivity contribution in [3.05, 3.63) is 88.6 Å². The molecule has 5 atom stereocenters. The van der Waals surface area contributed by atoms with Crippen LogP contribution in [0, 0.1) is 0 Å². The third kappa shape index (κ3) is 6.10. The first kappa shape index (κ1) is 30.6. The summed E-state index contributed by atoms with van der Waals surface area (Å²) in [5, 5.41) is 42.0. The summed E-state index contributed by atoms with van der Waals surface area (Å²) < 4.78 is 33.6. The number of ether oxygens (including phenoxy) is 5. The molecule has 5 rings (SSSR count). The lowest BCUT2D eigenvalue weighted by atomic mass is 9.99. The molecule has 0 spiro atoms. The van der Waals surface area contributed by atoms with Crippen LogP contribution in [0.4, 0.5) is 0 Å². The number of carbonyl (C=O) groups excluding carboxylic acids is 1. The molecule has 1 aliphatic heterocycles. The van der Waals surface area contributed by atoms with Gasteiger partial charge in [-0.1, -0.05) is 42.5 Å². The van der Waals surface area contributed by atoms with E-state index in [1.54, 1.807) is 42.5 Å². The molecule has 1 saturated heterocycles. The molecular weight excluding hydrogens is 576 g/mol. The molecule has 3 aromatic carbocycles. The molecule has 0 radical (unpaired) electrons. The van der Waals surface area contributed by atoms with Crippen molar-refractivity contribution < 1.29 is 53.3 Å². The minimum Gasteiger partial charge on any atom is -0.507 e. The number of phenolic OH excluding ortho intramolecular Hbond substituents is 1. The Morgan fingerprint density at radius 2 is 1.68 bits per heavy atom. The lowest BCUT2D eigenvalue weighted by Crippen LogP contribution is -2.61. The summed E-state index contributed by atoms with van der Waals surface area (Å²) in [5.74, 6) is -0.870. The summed E-state index contributed by atoms with van der Waals surface area (Å²) in [6, 6.07) is 17.7. The molecule has 0 saturated carbocycles. The maximum absolute atomic E-state index is 13.1. The number of carbonyl (C=O) groups is 1. The molecule has 2 heterocycles. The molecule has 0 aliphatic carbocycles. The topological polar surface area (TPSA) is 174 Å². The number of benzene rings is 3. The number of rotatable bonds is 9. The third-order valence-corrected chi connectivity index (χ3v) is 7.01. The number of phenols is 1. The second-order valence-electron chi connectivity index (χ2n) is 9.78. The number of fused-ring (bicyclic) bond motifs is 1. The van der Waals surface area contributed by atoms with E-state index in [-0.39, 0.29) is 45.3 Å². The Bertz CT molecular complexity index is 1710. The molecule has 12 nitrogen and oxygen atoms in total. The largest absolute Gasteiger partial charge is 0.507 e. The van der Waals surface area contributed by atoms with Crippen molar-refractivity contribution in [2.45, 2.75) is 30.7 Å². The highest BCUT2D eigenvalue weighted by Crippen LogP contribution is 2.42. The molecule has 0 bridgehead atoms. The highest BCUT2D eigenvalue weighted by molar-refractivity contribution is 5.92. The van der Waals surface area contributed by atoms with Gasteiger partial charge in [-0.2, -0.15) is 0 Å². The number of hydrogen-bond donors (Lipinski definition) is 4. The fraction of sp³-hybridized carbons (Fsp3) is 0.250. The zero-order valence-electron chi connectivity index (χ0n) is 23.7. The van der Waals surface area contributed by atoms with Gasteiger partial charge >= 0.3 is 5.97 Å². The average Bonchev–Trinajstić information content (AvgIpc) is 3.03. The molecule has 1 aliphatic rings. The van der Waals surface area contributed by atoms with Gasteiger partial charge in [0.25, 0.3) is 0 Å². The number of aliphatic hydroxyl groups excluding tert-OH is 3. The summed E-state index contributed by atoms with van der Waals surface area (Å²) in [4.78, 5) is 25.5. The first-order chi connectivity index (χ1) is 21.2. The number of methoxy groups -OCH3 is 2. The number of hydrogen-bond acceptors (Lipinski definition) is 12. The molecule has 0 amide bonds. The molecule has 12 heteroatoms. The Morgan fingerprint density at radius 1 is 0.955 bits per heavy atom. The van der Waals surface area contributed by atoms with E-state index in [9.17, 15) is 30.0 Å². The van der Waals surface area contributed by atoms with Gasteiger partial charge in [0.05, 0.1) is 26.4 Å². The van der Waals surface area contributed by atoms with Crippen LogP contribution in [-0.4, -0.2) is 77.9 Å². The Labute approximate surface area is 250 Å². The van der Waals surface area contributed by atoms with Gasteiger partial charge in [0.1, 0.15) is 41.0 Å². The van der Waals surface area contributed by atoms with Crippen LogP contribution in [0.2, 0.25) is 0 Å². The third-order valence-electron chi connectivity index (χ3n) is 7.01. The molecule has 230 valence electrons. The standard InChI is InChI=1S/C32H30O12/c1-39-23-15-20(35)26-19(34)14-22(41-31(26)30(23)40-2)18-10-6-7-11-21(18)42-32-28(38)27(37)29(24(16-33)43-32)44-25(36)13-12-17-8-4-3-5-9-17/h3-15,24,27-29,32-33,35,37-38H,16H2,1-2H3/b13-12+/t24-,27+,28+,29+,32+/m0/s1. The van der Waals surface area contributed by atoms with Crippen LogP contribution < -0.4 is 19.6 Å². The van der Waals surface area contributed by atoms with Crippen LogP contribution in [0.3, 0.4) is 0 Å². The van der Waals surface area contributed by atoms with Crippen LogP contribution in [0.15, 0.2) is 82.0 Å². The van der Waals surface area contributed by atoms with E-state index in [1.165, 1.54) is 32.4 Å². The summed E-state index contributed by atoms with van der Waals surface area (Å²) in [6.07, 6.45) is -4.92. The molecule has 1 fully saturated rings. The number of esters is 1. The lowest BCUT2D eigenvalue weighted by Gasteiger charge is -2.41. The molecule has 44 heavy (non-hydrogen) atoms. The van der Waals surface area contributed by atoms with Crippen molar-refractivity contribution in [3.63, 3.8) is 0 Å². The monoisotopic (exact) mass is 606 g/mol. The van der Waals surface area contributed by atoms with Crippen LogP contribution in [0.1, 0.15) is 5.56 Å². The maximum Gasteiger partial charge on any atom is 0.331 e. The van der Waals surface area contributed by atoms with E-state index in [2.05, 4.69) is 0 Å². The van der Waals surface area contributed by atoms with Gasteiger partial charge in [-0.05, 0) is 23.8 Å². The zero-order valence-corrected chi connectivity index (χ0v) is 23.7. The van der Waals surface area contributed by atoms with Crippen molar-refractivity contribution >= 4 is 23.0 Å². The predicted octanol–water partition coefficient (Wildman–Crippen LogP) is 2.63. The van der Waals surface area contributed by atoms with E-state index in [1.807, 2.05) is 6.07 Å². The second kappa shape index (κ2) is 13.2. The minimum atomic E-state index is -1.72. The second-order valence-corrected chi connectivity index (χ2v) is 9.78. The maximum atomic E-state index is 13.1. The summed E-state index contributed by atoms with van der Waals surface area (Å²) in [6.45, 7) is -0.670. The van der Waals surface area contributed by atoms with Gasteiger partial charge in [0, 0.05) is 18.2 Å². The van der Waals surface area contributed by atoms with E-state index < -0.39 is 48.7 Å². The van der Waals surface area contributed by atoms with Crippen molar-refractivity contribution in [1.29, 1.82) is 0 Å². The number of aliphatic hydroxyl groups is 3. The summed E-state index contributed by atoms with van der Waals surface area (Å²) in [7, 11) is 2.72. The first-order valence-corrected chi connectivity index (χ1v) is 13.5. The van der Waals surface area contributed by atoms with Gasteiger partial charge in [-0.25, -0.2) is 4.79 Å². The molecule has 4 N–H and O–H groups in total. The fourth-order valence-corrected chi connectivity index (χ4v) is 4.84. The SMILES string of the molecule is COc1cc(O)c2c(=O)cc(-c3ccccc3O[C@@H]3O[C@@H](CO)[C@@H](OC(=O)/C=C/c4ccccc4)[C@H](O)[C@H]3O)oc2c1OC. The first-order valence-electron chi connectivity index (χ1n) is 13.5. The smallest absolute Gasteiger partial charge is 0.331 e. The fourth-order valence-electron chi connectivity index (χ4n) is 4.84. The minimum absolute atomic E-state index is 0.0191. The highest BCUT2D eigenvalue weighted by Gasteiger charge is 2.47. The van der Waals surface area contributed by atoms with Crippen LogP contribution in [0.5, 0.6) is 23.0 Å². The Kier molecular flexibility index (Phi) is 9.16. The Hall–Kier alpha value is -4.88. The van der Waals surface area contributed by atoms with Gasteiger partial charge in [0.15, 0.2) is 22.9 Å².